The van der Waals surface area contributed by atoms with E-state index >= 15 is 0 Å². The van der Waals surface area contributed by atoms with Gasteiger partial charge in [-0.3, -0.25) is 0 Å². The number of nitrogens with zero attached hydrogens (tertiary/aromatic N) is 1. The predicted octanol–water partition coefficient (Wildman–Crippen LogP) is 3.90. The second kappa shape index (κ2) is 6.57. The number of halogens is 1. The molecule has 0 amide bonds. The lowest BCUT2D eigenvalue weighted by atomic mass is 10.3. The van der Waals surface area contributed by atoms with Crippen molar-refractivity contribution in [2.75, 3.05) is 6.54 Å². The molecule has 0 unspecified atom stereocenters. The summed E-state index contributed by atoms with van der Waals surface area (Å²) in [4.78, 5) is 6.98. The largest absolute Gasteiger partial charge is 0.330 e. The van der Waals surface area contributed by atoms with Gasteiger partial charge < -0.3 is 5.73 Å². The third-order valence-corrected chi connectivity index (χ3v) is 5.42. The fraction of sp³-hybridized carbons (Fsp3) is 0.308. The van der Waals surface area contributed by atoms with Gasteiger partial charge >= 0.3 is 0 Å². The minimum atomic E-state index is 0.681. The summed E-state index contributed by atoms with van der Waals surface area (Å²) in [7, 11) is 0. The maximum absolute atomic E-state index is 6.12. The third-order valence-electron chi connectivity index (χ3n) is 2.50. The second-order valence-corrected chi connectivity index (χ2v) is 6.47. The van der Waals surface area contributed by atoms with E-state index in [2.05, 4.69) is 4.98 Å². The maximum atomic E-state index is 6.12. The molecule has 0 spiro atoms. The first-order chi connectivity index (χ1) is 8.70. The molecule has 0 radical (unpaired) electrons. The number of thiazole rings is 1. The van der Waals surface area contributed by atoms with Gasteiger partial charge in [0.1, 0.15) is 5.01 Å². The summed E-state index contributed by atoms with van der Waals surface area (Å²) in [6.45, 7) is 2.73. The van der Waals surface area contributed by atoms with Gasteiger partial charge in [0.05, 0.1) is 16.5 Å². The molecule has 0 bridgehead atoms. The number of aryl methyl sites for hydroxylation is 1. The van der Waals surface area contributed by atoms with E-state index in [0.717, 1.165) is 32.8 Å². The zero-order chi connectivity index (χ0) is 13.0. The van der Waals surface area contributed by atoms with Crippen LogP contribution in [0.25, 0.3) is 0 Å². The minimum Gasteiger partial charge on any atom is -0.330 e. The molecular formula is C13H15ClN2S2. The van der Waals surface area contributed by atoms with Crippen LogP contribution in [0.5, 0.6) is 0 Å². The minimum absolute atomic E-state index is 0.681. The smallest absolute Gasteiger partial charge is 0.103 e. The topological polar surface area (TPSA) is 38.9 Å². The molecule has 2 aromatic rings. The SMILES string of the molecule is Cc1nc(CSc2ccccc2Cl)sc1CCN. The van der Waals surface area contributed by atoms with Crippen LogP contribution in [-0.4, -0.2) is 11.5 Å². The fourth-order valence-electron chi connectivity index (χ4n) is 1.61. The predicted molar refractivity (Wildman–Crippen MR) is 80.6 cm³/mol. The molecule has 0 atom stereocenters. The molecule has 0 aliphatic carbocycles. The zero-order valence-electron chi connectivity index (χ0n) is 10.1. The van der Waals surface area contributed by atoms with Gasteiger partial charge in [-0.1, -0.05) is 23.7 Å². The Hall–Kier alpha value is -0.550. The normalized spacial score (nSPS) is 10.8. The molecule has 5 heteroatoms. The molecule has 1 aromatic carbocycles. The third kappa shape index (κ3) is 3.48. The number of benzene rings is 1. The quantitative estimate of drug-likeness (QED) is 0.851. The van der Waals surface area contributed by atoms with Crippen molar-refractivity contribution in [3.05, 3.63) is 44.9 Å². The Bertz CT molecular complexity index is 525. The van der Waals surface area contributed by atoms with Crippen LogP contribution in [0.2, 0.25) is 5.02 Å². The molecule has 0 aliphatic heterocycles. The first kappa shape index (κ1) is 13.9. The van der Waals surface area contributed by atoms with Crippen LogP contribution in [0.3, 0.4) is 0 Å². The molecule has 1 aromatic heterocycles. The number of nitrogens with two attached hydrogens (primary N) is 1. The van der Waals surface area contributed by atoms with Crippen LogP contribution in [0.15, 0.2) is 29.2 Å². The van der Waals surface area contributed by atoms with Gasteiger partial charge in [0.15, 0.2) is 0 Å². The van der Waals surface area contributed by atoms with Gasteiger partial charge in [-0.15, -0.1) is 23.1 Å². The lowest BCUT2D eigenvalue weighted by molar-refractivity contribution is 0.968. The van der Waals surface area contributed by atoms with Gasteiger partial charge in [0, 0.05) is 9.77 Å². The molecule has 1 heterocycles. The van der Waals surface area contributed by atoms with Gasteiger partial charge in [0.25, 0.3) is 0 Å². The van der Waals surface area contributed by atoms with Crippen LogP contribution in [0.4, 0.5) is 0 Å². The Morgan fingerprint density at radius 3 is 2.89 bits per heavy atom. The van der Waals surface area contributed by atoms with Gasteiger partial charge in [-0.25, -0.2) is 4.98 Å². The molecule has 0 saturated carbocycles. The van der Waals surface area contributed by atoms with Crippen LogP contribution in [0, 0.1) is 6.92 Å². The summed E-state index contributed by atoms with van der Waals surface area (Å²) in [6.07, 6.45) is 0.917. The van der Waals surface area contributed by atoms with E-state index < -0.39 is 0 Å². The number of rotatable bonds is 5. The lowest BCUT2D eigenvalue weighted by Gasteiger charge is -2.01. The molecule has 2 rings (SSSR count). The van der Waals surface area contributed by atoms with Crippen molar-refractivity contribution in [2.24, 2.45) is 5.73 Å². The molecule has 0 fully saturated rings. The van der Waals surface area contributed by atoms with E-state index in [1.54, 1.807) is 23.1 Å². The van der Waals surface area contributed by atoms with Crippen LogP contribution < -0.4 is 5.73 Å². The Morgan fingerprint density at radius 2 is 2.17 bits per heavy atom. The molecule has 2 nitrogen and oxygen atoms in total. The Labute approximate surface area is 121 Å². The summed E-state index contributed by atoms with van der Waals surface area (Å²) in [6, 6.07) is 7.89. The highest BCUT2D eigenvalue weighted by Gasteiger charge is 2.08. The molecular weight excluding hydrogens is 284 g/mol. The van der Waals surface area contributed by atoms with Crippen molar-refractivity contribution in [1.29, 1.82) is 0 Å². The highest BCUT2D eigenvalue weighted by molar-refractivity contribution is 7.98. The van der Waals surface area contributed by atoms with E-state index in [1.807, 2.05) is 31.2 Å². The second-order valence-electron chi connectivity index (χ2n) is 3.87. The average Bonchev–Trinajstić information content (AvgIpc) is 2.70. The van der Waals surface area contributed by atoms with Crippen molar-refractivity contribution in [3.63, 3.8) is 0 Å². The Balaban J connectivity index is 2.02. The fourth-order valence-corrected chi connectivity index (χ4v) is 3.93. The number of thioether (sulfide) groups is 1. The monoisotopic (exact) mass is 298 g/mol. The first-order valence-electron chi connectivity index (χ1n) is 5.73. The van der Waals surface area contributed by atoms with E-state index in [-0.39, 0.29) is 0 Å². The first-order valence-corrected chi connectivity index (χ1v) is 7.91. The van der Waals surface area contributed by atoms with Crippen LogP contribution in [-0.2, 0) is 12.2 Å². The molecule has 18 heavy (non-hydrogen) atoms. The van der Waals surface area contributed by atoms with Gasteiger partial charge in [-0.05, 0) is 32.0 Å². The van der Waals surface area contributed by atoms with Crippen LogP contribution in [0.1, 0.15) is 15.6 Å². The Morgan fingerprint density at radius 1 is 1.39 bits per heavy atom. The summed E-state index contributed by atoms with van der Waals surface area (Å²) in [5, 5.41) is 1.94. The van der Waals surface area contributed by atoms with Gasteiger partial charge in [0.2, 0.25) is 0 Å². The highest BCUT2D eigenvalue weighted by Crippen LogP contribution is 2.31. The lowest BCUT2D eigenvalue weighted by Crippen LogP contribution is -2.01. The standard InChI is InChI=1S/C13H15ClN2S2/c1-9-11(6-7-15)18-13(16-9)8-17-12-5-3-2-4-10(12)14/h2-5H,6-8,15H2,1H3. The molecule has 2 N–H and O–H groups in total. The van der Waals surface area contributed by atoms with Crippen molar-refractivity contribution >= 4 is 34.7 Å². The Kier molecular flexibility index (Phi) is 5.06. The van der Waals surface area contributed by atoms with E-state index in [1.165, 1.54) is 4.88 Å². The van der Waals surface area contributed by atoms with Crippen molar-refractivity contribution in [1.82, 2.24) is 4.98 Å². The summed E-state index contributed by atoms with van der Waals surface area (Å²) in [5.74, 6) is 0.861. The van der Waals surface area contributed by atoms with Crippen molar-refractivity contribution in [3.8, 4) is 0 Å². The summed E-state index contributed by atoms with van der Waals surface area (Å²) < 4.78 is 0. The molecule has 96 valence electrons. The van der Waals surface area contributed by atoms with E-state index in [0.29, 0.717) is 6.54 Å². The average molecular weight is 299 g/mol. The van der Waals surface area contributed by atoms with Gasteiger partial charge in [-0.2, -0.15) is 0 Å². The van der Waals surface area contributed by atoms with E-state index in [9.17, 15) is 0 Å². The zero-order valence-corrected chi connectivity index (χ0v) is 12.5. The van der Waals surface area contributed by atoms with E-state index in [4.69, 9.17) is 17.3 Å². The molecule has 0 aliphatic rings. The van der Waals surface area contributed by atoms with Crippen LogP contribution >= 0.6 is 34.7 Å². The summed E-state index contributed by atoms with van der Waals surface area (Å²) >= 11 is 9.60. The molecule has 0 saturated heterocycles. The maximum Gasteiger partial charge on any atom is 0.103 e. The highest BCUT2D eigenvalue weighted by atomic mass is 35.5. The number of hydrogen-bond donors (Lipinski definition) is 1. The van der Waals surface area contributed by atoms with Crippen molar-refractivity contribution < 1.29 is 0 Å². The summed E-state index contributed by atoms with van der Waals surface area (Å²) in [5.41, 5.74) is 6.69. The van der Waals surface area contributed by atoms with Crippen molar-refractivity contribution in [2.45, 2.75) is 24.0 Å². The number of aromatic nitrogens is 1. The number of hydrogen-bond acceptors (Lipinski definition) is 4.